The molecule has 2 aliphatic rings. The van der Waals surface area contributed by atoms with Crippen LogP contribution in [0.3, 0.4) is 0 Å². The summed E-state index contributed by atoms with van der Waals surface area (Å²) >= 11 is 0. The summed E-state index contributed by atoms with van der Waals surface area (Å²) < 4.78 is 5.48. The number of ether oxygens (including phenoxy) is 1. The number of benzene rings is 1. The first kappa shape index (κ1) is 21.1. The molecule has 0 aromatic heterocycles. The Kier molecular flexibility index (Phi) is 6.45. The zero-order valence-electron chi connectivity index (χ0n) is 17.5. The predicted molar refractivity (Wildman–Crippen MR) is 109 cm³/mol. The van der Waals surface area contributed by atoms with E-state index in [4.69, 9.17) is 4.74 Å². The van der Waals surface area contributed by atoms with Crippen molar-refractivity contribution in [1.29, 1.82) is 0 Å². The number of hydrogen-bond acceptors (Lipinski definition) is 4. The molecule has 0 radical (unpaired) electrons. The minimum absolute atomic E-state index is 0.00334. The molecule has 2 unspecified atom stereocenters. The molecule has 29 heavy (non-hydrogen) atoms. The molecule has 0 spiro atoms. The van der Waals surface area contributed by atoms with Gasteiger partial charge in [-0.15, -0.1) is 0 Å². The molecule has 158 valence electrons. The Morgan fingerprint density at radius 3 is 2.55 bits per heavy atom. The van der Waals surface area contributed by atoms with Crippen LogP contribution in [0.5, 0.6) is 0 Å². The van der Waals surface area contributed by atoms with Crippen LogP contribution in [-0.4, -0.2) is 59.5 Å². The smallest absolute Gasteiger partial charge is 0.410 e. The molecule has 7 nitrogen and oxygen atoms in total. The molecule has 1 aromatic rings. The number of amides is 3. The van der Waals surface area contributed by atoms with Gasteiger partial charge in [-0.2, -0.15) is 0 Å². The first-order valence-electron chi connectivity index (χ1n) is 10.3. The van der Waals surface area contributed by atoms with E-state index < -0.39 is 5.60 Å². The number of hydrogen-bond donors (Lipinski definition) is 1. The van der Waals surface area contributed by atoms with Gasteiger partial charge in [0, 0.05) is 26.2 Å². The maximum Gasteiger partial charge on any atom is 0.410 e. The van der Waals surface area contributed by atoms with Gasteiger partial charge in [-0.3, -0.25) is 9.59 Å². The van der Waals surface area contributed by atoms with Crippen molar-refractivity contribution in [2.24, 2.45) is 5.92 Å². The third-order valence-corrected chi connectivity index (χ3v) is 5.32. The molecular formula is C22H31N3O4. The van der Waals surface area contributed by atoms with E-state index in [9.17, 15) is 14.4 Å². The lowest BCUT2D eigenvalue weighted by molar-refractivity contribution is -0.139. The molecule has 1 aromatic carbocycles. The topological polar surface area (TPSA) is 79.0 Å². The normalized spacial score (nSPS) is 23.2. The van der Waals surface area contributed by atoms with Gasteiger partial charge in [0.2, 0.25) is 11.8 Å². The third kappa shape index (κ3) is 5.49. The van der Waals surface area contributed by atoms with E-state index >= 15 is 0 Å². The molecule has 2 aliphatic heterocycles. The van der Waals surface area contributed by atoms with Gasteiger partial charge >= 0.3 is 6.09 Å². The monoisotopic (exact) mass is 401 g/mol. The van der Waals surface area contributed by atoms with E-state index in [1.807, 2.05) is 56.0 Å². The zero-order valence-corrected chi connectivity index (χ0v) is 17.5. The second kappa shape index (κ2) is 8.84. The summed E-state index contributed by atoms with van der Waals surface area (Å²) in [6, 6.07) is 9.39. The second-order valence-electron chi connectivity index (χ2n) is 8.78. The van der Waals surface area contributed by atoms with E-state index in [0.29, 0.717) is 26.2 Å². The maximum atomic E-state index is 13.5. The van der Waals surface area contributed by atoms with Crippen molar-refractivity contribution < 1.29 is 19.1 Å². The fourth-order valence-corrected chi connectivity index (χ4v) is 3.97. The van der Waals surface area contributed by atoms with Crippen molar-refractivity contribution in [3.63, 3.8) is 0 Å². The molecule has 0 saturated carbocycles. The van der Waals surface area contributed by atoms with Crippen molar-refractivity contribution in [1.82, 2.24) is 15.1 Å². The summed E-state index contributed by atoms with van der Waals surface area (Å²) in [5.74, 6) is -0.326. The van der Waals surface area contributed by atoms with Crippen LogP contribution in [0.1, 0.15) is 51.6 Å². The SMILES string of the molecule is CC(C)(C)OC(=O)N1CCCC(C(=O)N2CCNC(=O)CC2c2ccccc2)C1. The molecule has 0 bridgehead atoms. The van der Waals surface area contributed by atoms with Crippen molar-refractivity contribution in [2.75, 3.05) is 26.2 Å². The molecule has 2 atom stereocenters. The Morgan fingerprint density at radius 2 is 1.86 bits per heavy atom. The minimum atomic E-state index is -0.566. The highest BCUT2D eigenvalue weighted by atomic mass is 16.6. The number of nitrogens with one attached hydrogen (secondary N) is 1. The lowest BCUT2D eigenvalue weighted by Crippen LogP contribution is -2.49. The Bertz CT molecular complexity index is 744. The van der Waals surface area contributed by atoms with Crippen LogP contribution in [0.25, 0.3) is 0 Å². The largest absolute Gasteiger partial charge is 0.444 e. The zero-order chi connectivity index (χ0) is 21.0. The van der Waals surface area contributed by atoms with E-state index in [-0.39, 0.29) is 36.3 Å². The van der Waals surface area contributed by atoms with Gasteiger partial charge in [-0.25, -0.2) is 4.79 Å². The molecule has 3 rings (SSSR count). The first-order valence-corrected chi connectivity index (χ1v) is 10.3. The van der Waals surface area contributed by atoms with Crippen molar-refractivity contribution in [3.05, 3.63) is 35.9 Å². The van der Waals surface area contributed by atoms with Gasteiger partial charge in [0.1, 0.15) is 5.60 Å². The highest BCUT2D eigenvalue weighted by Gasteiger charge is 2.37. The van der Waals surface area contributed by atoms with E-state index in [2.05, 4.69) is 5.32 Å². The molecule has 3 amide bonds. The number of rotatable bonds is 2. The number of carbonyl (C=O) groups is 3. The Morgan fingerprint density at radius 1 is 1.14 bits per heavy atom. The van der Waals surface area contributed by atoms with Gasteiger partial charge < -0.3 is 19.9 Å². The molecule has 2 saturated heterocycles. The maximum absolute atomic E-state index is 13.5. The lowest BCUT2D eigenvalue weighted by Gasteiger charge is -2.37. The standard InChI is InChI=1S/C22H31N3O4/c1-22(2,3)29-21(28)24-12-7-10-17(15-24)20(27)25-13-11-23-19(26)14-18(25)16-8-5-4-6-9-16/h4-6,8-9,17-18H,7,10-15H2,1-3H3,(H,23,26). The Balaban J connectivity index is 1.75. The molecule has 0 aliphatic carbocycles. The lowest BCUT2D eigenvalue weighted by atomic mass is 9.94. The summed E-state index contributed by atoms with van der Waals surface area (Å²) in [6.45, 7) is 7.37. The molecule has 2 fully saturated rings. The van der Waals surface area contributed by atoms with Crippen molar-refractivity contribution in [3.8, 4) is 0 Å². The molecular weight excluding hydrogens is 370 g/mol. The summed E-state index contributed by atoms with van der Waals surface area (Å²) in [5.41, 5.74) is 0.390. The van der Waals surface area contributed by atoms with Gasteiger partial charge in [0.15, 0.2) is 0 Å². The van der Waals surface area contributed by atoms with E-state index in [0.717, 1.165) is 18.4 Å². The average molecular weight is 402 g/mol. The van der Waals surface area contributed by atoms with Crippen molar-refractivity contribution >= 4 is 17.9 Å². The van der Waals surface area contributed by atoms with Crippen LogP contribution in [0.2, 0.25) is 0 Å². The van der Waals surface area contributed by atoms with Crippen LogP contribution in [0, 0.1) is 5.92 Å². The predicted octanol–water partition coefficient (Wildman–Crippen LogP) is 2.72. The van der Waals surface area contributed by atoms with Crippen LogP contribution in [0.4, 0.5) is 4.79 Å². The second-order valence-corrected chi connectivity index (χ2v) is 8.78. The fraction of sp³-hybridized carbons (Fsp3) is 0.591. The summed E-state index contributed by atoms with van der Waals surface area (Å²) in [4.78, 5) is 41.5. The Labute approximate surface area is 172 Å². The number of piperidine rings is 1. The summed E-state index contributed by atoms with van der Waals surface area (Å²) in [7, 11) is 0. The number of nitrogens with zero attached hydrogens (tertiary/aromatic N) is 2. The quantitative estimate of drug-likeness (QED) is 0.826. The molecule has 2 heterocycles. The highest BCUT2D eigenvalue weighted by molar-refractivity contribution is 5.83. The number of likely N-dealkylation sites (tertiary alicyclic amines) is 1. The minimum Gasteiger partial charge on any atom is -0.444 e. The summed E-state index contributed by atoms with van der Waals surface area (Å²) in [6.07, 6.45) is 1.37. The van der Waals surface area contributed by atoms with Gasteiger partial charge in [0.05, 0.1) is 18.4 Å². The first-order chi connectivity index (χ1) is 13.7. The van der Waals surface area contributed by atoms with Crippen LogP contribution in [-0.2, 0) is 14.3 Å². The van der Waals surface area contributed by atoms with Gasteiger partial charge in [0.25, 0.3) is 0 Å². The van der Waals surface area contributed by atoms with Crippen LogP contribution >= 0.6 is 0 Å². The Hall–Kier alpha value is -2.57. The summed E-state index contributed by atoms with van der Waals surface area (Å²) in [5, 5.41) is 2.87. The fourth-order valence-electron chi connectivity index (χ4n) is 3.97. The van der Waals surface area contributed by atoms with Crippen LogP contribution in [0.15, 0.2) is 30.3 Å². The highest BCUT2D eigenvalue weighted by Crippen LogP contribution is 2.29. The van der Waals surface area contributed by atoms with Gasteiger partial charge in [-0.05, 0) is 39.2 Å². The molecule has 7 heteroatoms. The van der Waals surface area contributed by atoms with Gasteiger partial charge in [-0.1, -0.05) is 30.3 Å². The van der Waals surface area contributed by atoms with E-state index in [1.54, 1.807) is 4.90 Å². The average Bonchev–Trinajstić information content (AvgIpc) is 2.88. The van der Waals surface area contributed by atoms with Crippen LogP contribution < -0.4 is 5.32 Å². The molecule has 1 N–H and O–H groups in total. The van der Waals surface area contributed by atoms with E-state index in [1.165, 1.54) is 0 Å². The van der Waals surface area contributed by atoms with Crippen molar-refractivity contribution in [2.45, 2.75) is 51.7 Å². The third-order valence-electron chi connectivity index (χ3n) is 5.32. The number of carbonyl (C=O) groups excluding carboxylic acids is 3.